The summed E-state index contributed by atoms with van der Waals surface area (Å²) in [5.41, 5.74) is 8.55. The zero-order chi connectivity index (χ0) is 20.2. The SMILES string of the molecule is COc1ccc(-c2ccc3c(N)c(C(=O)NCCN4CCOCC4)sc3n2)cc1. The molecule has 0 radical (unpaired) electrons. The van der Waals surface area contributed by atoms with Crippen molar-refractivity contribution in [2.75, 3.05) is 52.2 Å². The van der Waals surface area contributed by atoms with E-state index in [0.717, 1.165) is 60.1 Å². The third-order valence-electron chi connectivity index (χ3n) is 5.00. The van der Waals surface area contributed by atoms with E-state index in [9.17, 15) is 4.79 Å². The van der Waals surface area contributed by atoms with Crippen LogP contribution in [-0.2, 0) is 4.74 Å². The number of methoxy groups -OCH3 is 1. The average molecular weight is 413 g/mol. The van der Waals surface area contributed by atoms with Gasteiger partial charge in [0.2, 0.25) is 0 Å². The van der Waals surface area contributed by atoms with Crippen LogP contribution in [0.1, 0.15) is 9.67 Å². The van der Waals surface area contributed by atoms with Gasteiger partial charge in [-0.3, -0.25) is 9.69 Å². The minimum absolute atomic E-state index is 0.148. The minimum Gasteiger partial charge on any atom is -0.497 e. The van der Waals surface area contributed by atoms with Gasteiger partial charge in [0.05, 0.1) is 31.7 Å². The molecule has 3 heterocycles. The number of pyridine rings is 1. The van der Waals surface area contributed by atoms with Crippen LogP contribution in [0.3, 0.4) is 0 Å². The fourth-order valence-electron chi connectivity index (χ4n) is 3.32. The van der Waals surface area contributed by atoms with E-state index in [0.29, 0.717) is 17.1 Å². The largest absolute Gasteiger partial charge is 0.497 e. The molecule has 3 N–H and O–H groups in total. The van der Waals surface area contributed by atoms with Crippen molar-refractivity contribution in [3.05, 3.63) is 41.3 Å². The van der Waals surface area contributed by atoms with Gasteiger partial charge in [0.25, 0.3) is 5.91 Å². The summed E-state index contributed by atoms with van der Waals surface area (Å²) >= 11 is 1.33. The van der Waals surface area contributed by atoms with Crippen molar-refractivity contribution in [1.82, 2.24) is 15.2 Å². The lowest BCUT2D eigenvalue weighted by Crippen LogP contribution is -2.41. The molecule has 3 aromatic rings. The number of hydrogen-bond donors (Lipinski definition) is 2. The lowest BCUT2D eigenvalue weighted by molar-refractivity contribution is 0.0383. The predicted octanol–water partition coefficient (Wildman–Crippen LogP) is 2.62. The standard InChI is InChI=1S/C21H24N4O3S/c1-27-15-4-2-14(3-5-15)17-7-6-16-18(22)19(29-21(16)24-17)20(26)23-8-9-25-10-12-28-13-11-25/h2-7H,8-13,22H2,1H3,(H,23,26). The van der Waals surface area contributed by atoms with Gasteiger partial charge in [-0.15, -0.1) is 11.3 Å². The Labute approximate surface area is 173 Å². The van der Waals surface area contributed by atoms with Crippen LogP contribution in [0.4, 0.5) is 5.69 Å². The highest BCUT2D eigenvalue weighted by Crippen LogP contribution is 2.34. The van der Waals surface area contributed by atoms with Crippen LogP contribution in [0.2, 0.25) is 0 Å². The molecule has 1 saturated heterocycles. The molecule has 8 heteroatoms. The van der Waals surface area contributed by atoms with Gasteiger partial charge in [-0.1, -0.05) is 0 Å². The molecule has 0 atom stereocenters. The fourth-order valence-corrected chi connectivity index (χ4v) is 4.33. The number of nitrogens with two attached hydrogens (primary N) is 1. The highest BCUT2D eigenvalue weighted by Gasteiger charge is 2.18. The summed E-state index contributed by atoms with van der Waals surface area (Å²) in [4.78, 5) is 20.9. The Balaban J connectivity index is 1.48. The fraction of sp³-hybridized carbons (Fsp3) is 0.333. The summed E-state index contributed by atoms with van der Waals surface area (Å²) in [6.07, 6.45) is 0. The third-order valence-corrected chi connectivity index (χ3v) is 6.12. The molecule has 0 spiro atoms. The minimum atomic E-state index is -0.148. The number of rotatable bonds is 6. The Morgan fingerprint density at radius 2 is 2.00 bits per heavy atom. The molecule has 29 heavy (non-hydrogen) atoms. The summed E-state index contributed by atoms with van der Waals surface area (Å²) in [6, 6.07) is 11.6. The molecule has 0 bridgehead atoms. The Morgan fingerprint density at radius 3 is 2.72 bits per heavy atom. The number of nitrogen functional groups attached to an aromatic ring is 1. The van der Waals surface area contributed by atoms with Crippen molar-refractivity contribution in [1.29, 1.82) is 0 Å². The van der Waals surface area contributed by atoms with Gasteiger partial charge in [0.1, 0.15) is 15.5 Å². The average Bonchev–Trinajstić information content (AvgIpc) is 3.10. The molecule has 1 aliphatic rings. The number of hydrogen-bond acceptors (Lipinski definition) is 7. The molecule has 0 saturated carbocycles. The van der Waals surface area contributed by atoms with Crippen LogP contribution in [0.25, 0.3) is 21.5 Å². The van der Waals surface area contributed by atoms with Gasteiger partial charge in [-0.2, -0.15) is 0 Å². The number of ether oxygens (including phenoxy) is 2. The molecule has 0 unspecified atom stereocenters. The number of nitrogens with one attached hydrogen (secondary N) is 1. The number of nitrogens with zero attached hydrogens (tertiary/aromatic N) is 2. The molecule has 0 aliphatic carbocycles. The van der Waals surface area contributed by atoms with Crippen molar-refractivity contribution in [3.8, 4) is 17.0 Å². The number of fused-ring (bicyclic) bond motifs is 1. The number of morpholine rings is 1. The van der Waals surface area contributed by atoms with Crippen molar-refractivity contribution < 1.29 is 14.3 Å². The zero-order valence-electron chi connectivity index (χ0n) is 16.3. The molecule has 1 amide bonds. The number of carbonyl (C=O) groups excluding carboxylic acids is 1. The molecule has 2 aromatic heterocycles. The van der Waals surface area contributed by atoms with Crippen molar-refractivity contribution in [3.63, 3.8) is 0 Å². The van der Waals surface area contributed by atoms with Gasteiger partial charge in [-0.05, 0) is 36.4 Å². The first kappa shape index (κ1) is 19.6. The van der Waals surface area contributed by atoms with E-state index in [1.807, 2.05) is 36.4 Å². The van der Waals surface area contributed by atoms with Crippen LogP contribution < -0.4 is 15.8 Å². The molecule has 7 nitrogen and oxygen atoms in total. The van der Waals surface area contributed by atoms with Crippen LogP contribution in [-0.4, -0.2) is 62.3 Å². The molecular weight excluding hydrogens is 388 g/mol. The smallest absolute Gasteiger partial charge is 0.263 e. The second kappa shape index (κ2) is 8.77. The Hall–Kier alpha value is -2.68. The third kappa shape index (κ3) is 4.34. The first-order valence-electron chi connectivity index (χ1n) is 9.57. The normalized spacial score (nSPS) is 14.8. The number of carbonyl (C=O) groups is 1. The van der Waals surface area contributed by atoms with E-state index < -0.39 is 0 Å². The topological polar surface area (TPSA) is 89.7 Å². The summed E-state index contributed by atoms with van der Waals surface area (Å²) < 4.78 is 10.5. The maximum Gasteiger partial charge on any atom is 0.263 e. The van der Waals surface area contributed by atoms with Gasteiger partial charge < -0.3 is 20.5 Å². The maximum atomic E-state index is 12.6. The van der Waals surface area contributed by atoms with Gasteiger partial charge >= 0.3 is 0 Å². The molecule has 152 valence electrons. The van der Waals surface area contributed by atoms with Crippen molar-refractivity contribution in [2.24, 2.45) is 0 Å². The number of thiophene rings is 1. The van der Waals surface area contributed by atoms with Gasteiger partial charge in [0, 0.05) is 37.1 Å². The van der Waals surface area contributed by atoms with E-state index in [-0.39, 0.29) is 5.91 Å². The predicted molar refractivity (Wildman–Crippen MR) is 116 cm³/mol. The lowest BCUT2D eigenvalue weighted by Gasteiger charge is -2.26. The maximum absolute atomic E-state index is 12.6. The first-order chi connectivity index (χ1) is 14.2. The monoisotopic (exact) mass is 412 g/mol. The lowest BCUT2D eigenvalue weighted by atomic mass is 10.1. The molecule has 1 fully saturated rings. The Bertz CT molecular complexity index is 997. The Morgan fingerprint density at radius 1 is 1.24 bits per heavy atom. The second-order valence-corrected chi connectivity index (χ2v) is 7.83. The van der Waals surface area contributed by atoms with Crippen LogP contribution >= 0.6 is 11.3 Å². The van der Waals surface area contributed by atoms with E-state index in [4.69, 9.17) is 20.2 Å². The van der Waals surface area contributed by atoms with Gasteiger partial charge in [-0.25, -0.2) is 4.98 Å². The summed E-state index contributed by atoms with van der Waals surface area (Å²) in [6.45, 7) is 4.69. The summed E-state index contributed by atoms with van der Waals surface area (Å²) in [5.74, 6) is 0.649. The molecule has 1 aromatic carbocycles. The summed E-state index contributed by atoms with van der Waals surface area (Å²) in [5, 5.41) is 3.79. The number of aromatic nitrogens is 1. The van der Waals surface area contributed by atoms with Gasteiger partial charge in [0.15, 0.2) is 0 Å². The molecule has 4 rings (SSSR count). The second-order valence-electron chi connectivity index (χ2n) is 6.83. The van der Waals surface area contributed by atoms with E-state index >= 15 is 0 Å². The number of amides is 1. The summed E-state index contributed by atoms with van der Waals surface area (Å²) in [7, 11) is 1.64. The van der Waals surface area contributed by atoms with Crippen LogP contribution in [0, 0.1) is 0 Å². The highest BCUT2D eigenvalue weighted by molar-refractivity contribution is 7.21. The number of benzene rings is 1. The van der Waals surface area contributed by atoms with Crippen LogP contribution in [0.15, 0.2) is 36.4 Å². The van der Waals surface area contributed by atoms with E-state index in [1.54, 1.807) is 7.11 Å². The quantitative estimate of drug-likeness (QED) is 0.647. The Kier molecular flexibility index (Phi) is 5.94. The van der Waals surface area contributed by atoms with Crippen molar-refractivity contribution >= 4 is 33.1 Å². The van der Waals surface area contributed by atoms with Crippen LogP contribution in [0.5, 0.6) is 5.75 Å². The first-order valence-corrected chi connectivity index (χ1v) is 10.4. The zero-order valence-corrected chi connectivity index (χ0v) is 17.1. The molecular formula is C21H24N4O3S. The van der Waals surface area contributed by atoms with Crippen molar-refractivity contribution in [2.45, 2.75) is 0 Å². The van der Waals surface area contributed by atoms with E-state index in [2.05, 4.69) is 10.2 Å². The highest BCUT2D eigenvalue weighted by atomic mass is 32.1. The number of anilines is 1. The van der Waals surface area contributed by atoms with E-state index in [1.165, 1.54) is 11.3 Å². The molecule has 1 aliphatic heterocycles.